The number of aromatic hydroxyl groups is 1. The van der Waals surface area contributed by atoms with Gasteiger partial charge in [-0.3, -0.25) is 10.1 Å². The minimum atomic E-state index is -0.0299. The summed E-state index contributed by atoms with van der Waals surface area (Å²) in [6.45, 7) is 0. The average molecular weight is 408 g/mol. The fourth-order valence-electron chi connectivity index (χ4n) is 3.09. The Morgan fingerprint density at radius 2 is 1.97 bits per heavy atom. The Labute approximate surface area is 174 Å². The molecule has 0 amide bonds. The smallest absolute Gasteiger partial charge is 0.158 e. The Kier molecular flexibility index (Phi) is 7.13. The number of anilines is 2. The fourth-order valence-corrected chi connectivity index (χ4v) is 3.09. The van der Waals surface area contributed by atoms with Crippen LogP contribution in [0.5, 0.6) is 11.5 Å². The number of rotatable bonds is 4. The van der Waals surface area contributed by atoms with Crippen LogP contribution in [0.15, 0.2) is 30.9 Å². The molecule has 3 aromatic heterocycles. The number of nitrogens with two attached hydrogens (primary N) is 1. The molecule has 0 bridgehead atoms. The highest BCUT2D eigenvalue weighted by atomic mass is 16.5. The molecule has 1 aliphatic rings. The molecule has 0 saturated heterocycles. The molecule has 30 heavy (non-hydrogen) atoms. The first-order valence-corrected chi connectivity index (χ1v) is 9.62. The lowest BCUT2D eigenvalue weighted by Gasteiger charge is -2.15. The molecule has 3 heterocycles. The standard InChI is InChI=1S/C14H11N7O2.C6H13N/c1-23-11-6-16-5-10(22)14(11)9-2-12(21-20-9)19-13-7-17-8(3-15)4-18-13;7-6-4-2-1-3-5-6/h2,4-7,22H,1H3,(H2,18,19,20,21);6H,1-5,7H2. The topological polar surface area (TPSA) is 159 Å². The maximum Gasteiger partial charge on any atom is 0.158 e. The van der Waals surface area contributed by atoms with Crippen LogP contribution in [0, 0.1) is 11.3 Å². The zero-order valence-electron chi connectivity index (χ0n) is 16.7. The van der Waals surface area contributed by atoms with E-state index in [1.807, 2.05) is 6.07 Å². The van der Waals surface area contributed by atoms with Crippen LogP contribution in [0.2, 0.25) is 0 Å². The quantitative estimate of drug-likeness (QED) is 0.509. The molecule has 4 rings (SSSR count). The number of hydrogen-bond donors (Lipinski definition) is 4. The zero-order valence-corrected chi connectivity index (χ0v) is 16.7. The van der Waals surface area contributed by atoms with Gasteiger partial charge in [0, 0.05) is 12.1 Å². The van der Waals surface area contributed by atoms with Crippen molar-refractivity contribution in [2.24, 2.45) is 5.73 Å². The third-order valence-corrected chi connectivity index (χ3v) is 4.63. The molecule has 1 aliphatic carbocycles. The molecule has 0 spiro atoms. The predicted octanol–water partition coefficient (Wildman–Crippen LogP) is 2.87. The SMILES string of the molecule is COc1cncc(O)c1-c1cc(Nc2cnc(C#N)cn2)n[nH]1.NC1CCCCC1. The van der Waals surface area contributed by atoms with Crippen LogP contribution in [-0.4, -0.2) is 43.4 Å². The molecule has 0 unspecified atom stereocenters. The highest BCUT2D eigenvalue weighted by molar-refractivity contribution is 5.75. The molecule has 0 aliphatic heterocycles. The van der Waals surface area contributed by atoms with E-state index in [-0.39, 0.29) is 11.4 Å². The second-order valence-corrected chi connectivity index (χ2v) is 6.82. The van der Waals surface area contributed by atoms with E-state index in [1.165, 1.54) is 64.0 Å². The van der Waals surface area contributed by atoms with Crippen molar-refractivity contribution in [3.63, 3.8) is 0 Å². The van der Waals surface area contributed by atoms with Gasteiger partial charge in [-0.1, -0.05) is 19.3 Å². The van der Waals surface area contributed by atoms with Gasteiger partial charge in [-0.15, -0.1) is 0 Å². The van der Waals surface area contributed by atoms with Crippen LogP contribution in [0.3, 0.4) is 0 Å². The van der Waals surface area contributed by atoms with Gasteiger partial charge < -0.3 is 20.9 Å². The molecule has 10 nitrogen and oxygen atoms in total. The summed E-state index contributed by atoms with van der Waals surface area (Å²) in [5, 5.41) is 28.5. The monoisotopic (exact) mass is 408 g/mol. The summed E-state index contributed by atoms with van der Waals surface area (Å²) in [7, 11) is 1.49. The highest BCUT2D eigenvalue weighted by Crippen LogP contribution is 2.36. The van der Waals surface area contributed by atoms with Gasteiger partial charge in [0.05, 0.1) is 43.2 Å². The maximum absolute atomic E-state index is 9.97. The number of nitrogens with zero attached hydrogens (tertiary/aromatic N) is 5. The second kappa shape index (κ2) is 10.2. The van der Waals surface area contributed by atoms with Gasteiger partial charge in [0.2, 0.25) is 0 Å². The summed E-state index contributed by atoms with van der Waals surface area (Å²) >= 11 is 0. The molecule has 156 valence electrons. The van der Waals surface area contributed by atoms with Crippen LogP contribution < -0.4 is 15.8 Å². The number of nitriles is 1. The summed E-state index contributed by atoms with van der Waals surface area (Å²) in [4.78, 5) is 11.8. The number of nitrogens with one attached hydrogen (secondary N) is 2. The van der Waals surface area contributed by atoms with E-state index in [2.05, 4.69) is 30.5 Å². The van der Waals surface area contributed by atoms with Gasteiger partial charge in [-0.2, -0.15) is 10.4 Å². The van der Waals surface area contributed by atoms with Crippen LogP contribution in [0.25, 0.3) is 11.3 Å². The van der Waals surface area contributed by atoms with Crippen molar-refractivity contribution in [3.05, 3.63) is 36.5 Å². The summed E-state index contributed by atoms with van der Waals surface area (Å²) in [5.41, 5.74) is 6.86. The van der Waals surface area contributed by atoms with Gasteiger partial charge in [-0.25, -0.2) is 9.97 Å². The Morgan fingerprint density at radius 1 is 1.17 bits per heavy atom. The molecule has 1 saturated carbocycles. The first-order valence-electron chi connectivity index (χ1n) is 9.62. The third kappa shape index (κ3) is 5.42. The summed E-state index contributed by atoms with van der Waals surface area (Å²) in [5.74, 6) is 1.29. The van der Waals surface area contributed by atoms with Gasteiger partial charge in [0.1, 0.15) is 23.4 Å². The zero-order chi connectivity index (χ0) is 21.3. The van der Waals surface area contributed by atoms with Gasteiger partial charge >= 0.3 is 0 Å². The largest absolute Gasteiger partial charge is 0.505 e. The Bertz CT molecular complexity index is 991. The summed E-state index contributed by atoms with van der Waals surface area (Å²) in [6.07, 6.45) is 12.3. The van der Waals surface area contributed by atoms with Crippen molar-refractivity contribution in [2.45, 2.75) is 38.1 Å². The van der Waals surface area contributed by atoms with Gasteiger partial charge in [0.15, 0.2) is 11.5 Å². The van der Waals surface area contributed by atoms with E-state index in [0.29, 0.717) is 34.7 Å². The number of aromatic nitrogens is 5. The maximum atomic E-state index is 9.97. The molecular formula is C20H24N8O2. The van der Waals surface area contributed by atoms with Gasteiger partial charge in [0.25, 0.3) is 0 Å². The highest BCUT2D eigenvalue weighted by Gasteiger charge is 2.15. The minimum absolute atomic E-state index is 0.0299. The predicted molar refractivity (Wildman–Crippen MR) is 111 cm³/mol. The minimum Gasteiger partial charge on any atom is -0.505 e. The molecule has 5 N–H and O–H groups in total. The lowest BCUT2D eigenvalue weighted by Crippen LogP contribution is -2.22. The van der Waals surface area contributed by atoms with Crippen LogP contribution in [0.4, 0.5) is 11.6 Å². The van der Waals surface area contributed by atoms with Crippen molar-refractivity contribution >= 4 is 11.6 Å². The van der Waals surface area contributed by atoms with Crippen LogP contribution >= 0.6 is 0 Å². The number of hydrogen-bond acceptors (Lipinski definition) is 9. The molecule has 1 fully saturated rings. The molecule has 10 heteroatoms. The molecule has 0 atom stereocenters. The van der Waals surface area contributed by atoms with Crippen molar-refractivity contribution in [2.75, 3.05) is 12.4 Å². The van der Waals surface area contributed by atoms with E-state index in [4.69, 9.17) is 15.7 Å². The Hall–Kier alpha value is -3.71. The summed E-state index contributed by atoms with van der Waals surface area (Å²) in [6, 6.07) is 4.11. The first kappa shape index (κ1) is 21.0. The number of H-pyrrole nitrogens is 1. The number of pyridine rings is 1. The second-order valence-electron chi connectivity index (χ2n) is 6.82. The van der Waals surface area contributed by atoms with E-state index < -0.39 is 0 Å². The van der Waals surface area contributed by atoms with Crippen molar-refractivity contribution in [3.8, 4) is 28.8 Å². The van der Waals surface area contributed by atoms with E-state index in [9.17, 15) is 5.11 Å². The van der Waals surface area contributed by atoms with Crippen molar-refractivity contribution in [1.29, 1.82) is 5.26 Å². The lowest BCUT2D eigenvalue weighted by atomic mass is 9.97. The number of methoxy groups -OCH3 is 1. The van der Waals surface area contributed by atoms with E-state index in [1.54, 1.807) is 6.07 Å². The Morgan fingerprint density at radius 3 is 2.57 bits per heavy atom. The van der Waals surface area contributed by atoms with Gasteiger partial charge in [-0.05, 0) is 12.8 Å². The van der Waals surface area contributed by atoms with Crippen LogP contribution in [0.1, 0.15) is 37.8 Å². The van der Waals surface area contributed by atoms with Crippen molar-refractivity contribution in [1.82, 2.24) is 25.1 Å². The van der Waals surface area contributed by atoms with Crippen molar-refractivity contribution < 1.29 is 9.84 Å². The average Bonchev–Trinajstić information content (AvgIpc) is 3.23. The third-order valence-electron chi connectivity index (χ3n) is 4.63. The summed E-state index contributed by atoms with van der Waals surface area (Å²) < 4.78 is 5.19. The lowest BCUT2D eigenvalue weighted by molar-refractivity contribution is 0.407. The fraction of sp³-hybridized carbons (Fsp3) is 0.350. The van der Waals surface area contributed by atoms with Crippen LogP contribution in [-0.2, 0) is 0 Å². The number of aromatic amines is 1. The molecule has 3 aromatic rings. The first-order chi connectivity index (χ1) is 14.6. The van der Waals surface area contributed by atoms with E-state index >= 15 is 0 Å². The molecule has 0 radical (unpaired) electrons. The van der Waals surface area contributed by atoms with E-state index in [0.717, 1.165) is 0 Å². The Balaban J connectivity index is 0.000000310. The molecule has 0 aromatic carbocycles. The number of ether oxygens (including phenoxy) is 1. The molecular weight excluding hydrogens is 384 g/mol. The normalized spacial score (nSPS) is 13.6.